The van der Waals surface area contributed by atoms with E-state index >= 15 is 0 Å². The molecule has 2 aromatic carbocycles. The summed E-state index contributed by atoms with van der Waals surface area (Å²) in [6.07, 6.45) is 3.17. The maximum atomic E-state index is 12.6. The number of halogens is 1. The lowest BCUT2D eigenvalue weighted by Gasteiger charge is -2.14. The Bertz CT molecular complexity index is 1310. The molecule has 0 aliphatic heterocycles. The second-order valence-electron chi connectivity index (χ2n) is 7.63. The van der Waals surface area contributed by atoms with Crippen LogP contribution in [0.15, 0.2) is 83.2 Å². The average Bonchev–Trinajstić information content (AvgIpc) is 3.26. The summed E-state index contributed by atoms with van der Waals surface area (Å²) in [4.78, 5) is 16.8. The molecular formula is C25H24ClN7OS. The van der Waals surface area contributed by atoms with Gasteiger partial charge in [0.15, 0.2) is 11.0 Å². The SMILES string of the molecule is Cc1cc(Cl)ccc1NCc1nnc(SC(C)C(=O)NN=Cc2ccccn2)n1-c1ccccc1. The molecule has 8 nitrogen and oxygen atoms in total. The van der Waals surface area contributed by atoms with Gasteiger partial charge in [0.05, 0.1) is 23.7 Å². The molecule has 0 aliphatic carbocycles. The van der Waals surface area contributed by atoms with Gasteiger partial charge in [-0.1, -0.05) is 47.6 Å². The fraction of sp³-hybridized carbons (Fsp3) is 0.160. The molecular weight excluding hydrogens is 482 g/mol. The summed E-state index contributed by atoms with van der Waals surface area (Å²) in [5, 5.41) is 17.0. The highest BCUT2D eigenvalue weighted by Gasteiger charge is 2.21. The van der Waals surface area contributed by atoms with E-state index < -0.39 is 5.25 Å². The lowest BCUT2D eigenvalue weighted by molar-refractivity contribution is -0.120. The second-order valence-corrected chi connectivity index (χ2v) is 9.38. The van der Waals surface area contributed by atoms with Gasteiger partial charge in [0, 0.05) is 22.6 Å². The first-order chi connectivity index (χ1) is 17.0. The third-order valence-electron chi connectivity index (χ3n) is 5.05. The number of aromatic nitrogens is 4. The molecule has 0 radical (unpaired) electrons. The van der Waals surface area contributed by atoms with Crippen molar-refractivity contribution in [3.8, 4) is 5.69 Å². The minimum Gasteiger partial charge on any atom is -0.378 e. The molecule has 35 heavy (non-hydrogen) atoms. The van der Waals surface area contributed by atoms with Crippen LogP contribution in [0.3, 0.4) is 0 Å². The monoisotopic (exact) mass is 505 g/mol. The van der Waals surface area contributed by atoms with Crippen molar-refractivity contribution in [1.29, 1.82) is 0 Å². The van der Waals surface area contributed by atoms with E-state index in [0.29, 0.717) is 28.2 Å². The normalized spacial score (nSPS) is 12.0. The Morgan fingerprint density at radius 2 is 1.94 bits per heavy atom. The van der Waals surface area contributed by atoms with Gasteiger partial charge in [0.25, 0.3) is 5.91 Å². The van der Waals surface area contributed by atoms with E-state index in [1.165, 1.54) is 18.0 Å². The van der Waals surface area contributed by atoms with Crippen LogP contribution < -0.4 is 10.7 Å². The van der Waals surface area contributed by atoms with Crippen molar-refractivity contribution < 1.29 is 4.79 Å². The number of benzene rings is 2. The van der Waals surface area contributed by atoms with E-state index in [2.05, 4.69) is 31.0 Å². The summed E-state index contributed by atoms with van der Waals surface area (Å²) in [6.45, 7) is 4.24. The molecule has 4 rings (SSSR count). The van der Waals surface area contributed by atoms with Crippen LogP contribution in [-0.2, 0) is 11.3 Å². The number of pyridine rings is 1. The smallest absolute Gasteiger partial charge is 0.253 e. The van der Waals surface area contributed by atoms with E-state index in [1.54, 1.807) is 19.2 Å². The highest BCUT2D eigenvalue weighted by molar-refractivity contribution is 8.00. The number of anilines is 1. The molecule has 1 unspecified atom stereocenters. The predicted octanol–water partition coefficient (Wildman–Crippen LogP) is 4.87. The summed E-state index contributed by atoms with van der Waals surface area (Å²) >= 11 is 7.39. The minimum absolute atomic E-state index is 0.249. The lowest BCUT2D eigenvalue weighted by Crippen LogP contribution is -2.27. The first-order valence-electron chi connectivity index (χ1n) is 10.9. The highest BCUT2D eigenvalue weighted by atomic mass is 35.5. The van der Waals surface area contributed by atoms with Crippen LogP contribution in [-0.4, -0.2) is 37.1 Å². The molecule has 2 aromatic heterocycles. The Hall–Kier alpha value is -3.69. The quantitative estimate of drug-likeness (QED) is 0.191. The predicted molar refractivity (Wildman–Crippen MR) is 140 cm³/mol. The number of carbonyl (C=O) groups is 1. The van der Waals surface area contributed by atoms with Gasteiger partial charge >= 0.3 is 0 Å². The van der Waals surface area contributed by atoms with Crippen molar-refractivity contribution in [2.45, 2.75) is 30.8 Å². The number of nitrogens with zero attached hydrogens (tertiary/aromatic N) is 5. The fourth-order valence-electron chi connectivity index (χ4n) is 3.24. The highest BCUT2D eigenvalue weighted by Crippen LogP contribution is 2.27. The Morgan fingerprint density at radius 3 is 2.69 bits per heavy atom. The van der Waals surface area contributed by atoms with Gasteiger partial charge in [-0.15, -0.1) is 10.2 Å². The van der Waals surface area contributed by atoms with Gasteiger partial charge < -0.3 is 5.32 Å². The van der Waals surface area contributed by atoms with Crippen LogP contribution in [0.4, 0.5) is 5.69 Å². The molecule has 4 aromatic rings. The first-order valence-corrected chi connectivity index (χ1v) is 12.2. The van der Waals surface area contributed by atoms with Gasteiger partial charge in [-0.05, 0) is 61.9 Å². The Balaban J connectivity index is 1.49. The number of nitrogens with one attached hydrogen (secondary N) is 2. The molecule has 1 amide bonds. The summed E-state index contributed by atoms with van der Waals surface area (Å²) in [5.74, 6) is 0.468. The number of hydrogen-bond acceptors (Lipinski definition) is 7. The molecule has 2 heterocycles. The molecule has 0 saturated carbocycles. The van der Waals surface area contributed by atoms with Gasteiger partial charge in [-0.3, -0.25) is 14.3 Å². The summed E-state index contributed by atoms with van der Waals surface area (Å²) in [6, 6.07) is 21.0. The second kappa shape index (κ2) is 11.6. The molecule has 1 atom stereocenters. The third-order valence-corrected chi connectivity index (χ3v) is 6.33. The Morgan fingerprint density at radius 1 is 1.14 bits per heavy atom. The van der Waals surface area contributed by atoms with Gasteiger partial charge in [-0.2, -0.15) is 5.10 Å². The van der Waals surface area contributed by atoms with Crippen LogP contribution in [0.1, 0.15) is 24.0 Å². The molecule has 0 fully saturated rings. The number of amides is 1. The van der Waals surface area contributed by atoms with Crippen molar-refractivity contribution in [3.63, 3.8) is 0 Å². The molecule has 0 aliphatic rings. The van der Waals surface area contributed by atoms with Crippen LogP contribution in [0.2, 0.25) is 5.02 Å². The van der Waals surface area contributed by atoms with Crippen molar-refractivity contribution >= 4 is 41.2 Å². The zero-order valence-electron chi connectivity index (χ0n) is 19.2. The van der Waals surface area contributed by atoms with Crippen LogP contribution in [0.5, 0.6) is 0 Å². The van der Waals surface area contributed by atoms with E-state index in [0.717, 1.165) is 16.9 Å². The number of thioether (sulfide) groups is 1. The minimum atomic E-state index is -0.457. The van der Waals surface area contributed by atoms with Crippen molar-refractivity contribution in [3.05, 3.63) is 95.0 Å². The fourth-order valence-corrected chi connectivity index (χ4v) is 4.35. The number of hydrazone groups is 1. The van der Waals surface area contributed by atoms with Crippen LogP contribution in [0.25, 0.3) is 5.69 Å². The Kier molecular flexibility index (Phi) is 8.12. The molecule has 0 saturated heterocycles. The number of hydrogen-bond donors (Lipinski definition) is 2. The molecule has 0 spiro atoms. The zero-order chi connectivity index (χ0) is 24.6. The molecule has 10 heteroatoms. The lowest BCUT2D eigenvalue weighted by atomic mass is 10.2. The molecule has 2 N–H and O–H groups in total. The van der Waals surface area contributed by atoms with Crippen molar-refractivity contribution in [2.75, 3.05) is 5.32 Å². The number of rotatable bonds is 9. The largest absolute Gasteiger partial charge is 0.378 e. The van der Waals surface area contributed by atoms with Gasteiger partial charge in [0.1, 0.15) is 0 Å². The standard InChI is InChI=1S/C25H24ClN7OS/c1-17-14-19(26)11-12-22(17)28-16-23-30-32-25(33(23)21-9-4-3-5-10-21)35-18(2)24(34)31-29-15-20-8-6-7-13-27-20/h3-15,18,28H,16H2,1-2H3,(H,31,34). The summed E-state index contributed by atoms with van der Waals surface area (Å²) < 4.78 is 1.95. The van der Waals surface area contributed by atoms with E-state index in [9.17, 15) is 4.79 Å². The maximum Gasteiger partial charge on any atom is 0.253 e. The molecule has 178 valence electrons. The van der Waals surface area contributed by atoms with Gasteiger partial charge in [-0.25, -0.2) is 5.43 Å². The maximum absolute atomic E-state index is 12.6. The summed E-state index contributed by atoms with van der Waals surface area (Å²) in [7, 11) is 0. The average molecular weight is 506 g/mol. The van der Waals surface area contributed by atoms with E-state index in [4.69, 9.17) is 11.6 Å². The van der Waals surface area contributed by atoms with Gasteiger partial charge in [0.2, 0.25) is 0 Å². The van der Waals surface area contributed by atoms with Crippen molar-refractivity contribution in [1.82, 2.24) is 25.2 Å². The van der Waals surface area contributed by atoms with Crippen molar-refractivity contribution in [2.24, 2.45) is 5.10 Å². The third kappa shape index (κ3) is 6.46. The number of aryl methyl sites for hydroxylation is 1. The zero-order valence-corrected chi connectivity index (χ0v) is 20.8. The topological polar surface area (TPSA) is 97.1 Å². The Labute approximate surface area is 212 Å². The van der Waals surface area contributed by atoms with E-state index in [1.807, 2.05) is 72.2 Å². The number of para-hydroxylation sites is 1. The molecule has 0 bridgehead atoms. The van der Waals surface area contributed by atoms with Crippen LogP contribution in [0, 0.1) is 6.92 Å². The van der Waals surface area contributed by atoms with Crippen LogP contribution >= 0.6 is 23.4 Å². The van der Waals surface area contributed by atoms with E-state index in [-0.39, 0.29) is 5.91 Å². The number of carbonyl (C=O) groups excluding carboxylic acids is 1. The first kappa shape index (κ1) is 24.4. The summed E-state index contributed by atoms with van der Waals surface area (Å²) in [5.41, 5.74) is 6.13.